The second-order valence-electron chi connectivity index (χ2n) is 6.91. The number of ether oxygens (including phenoxy) is 1. The van der Waals surface area contributed by atoms with E-state index in [0.29, 0.717) is 22.0 Å². The average Bonchev–Trinajstić information content (AvgIpc) is 2.78. The maximum Gasteiger partial charge on any atom is 0.264 e. The number of nitrogens with zero attached hydrogens (tertiary/aromatic N) is 1. The van der Waals surface area contributed by atoms with Gasteiger partial charge in [0.05, 0.1) is 23.7 Å². The Hall–Kier alpha value is -3.03. The minimum Gasteiger partial charge on any atom is -0.496 e. The van der Waals surface area contributed by atoms with Crippen LogP contribution in [0.4, 0.5) is 5.69 Å². The van der Waals surface area contributed by atoms with Crippen molar-refractivity contribution in [1.82, 2.24) is 5.32 Å². The third kappa shape index (κ3) is 5.00. The van der Waals surface area contributed by atoms with Crippen LogP contribution in [0.3, 0.4) is 0 Å². The van der Waals surface area contributed by atoms with Crippen LogP contribution in [0.5, 0.6) is 5.75 Å². The predicted molar refractivity (Wildman–Crippen MR) is 122 cm³/mol. The number of carbonyl (C=O) groups excluding carboxylic acids is 1. The standard InChI is InChI=1S/C23H23ClN2O4S/c1-16(21-6-4-5-7-22(21)30-3)25-23(27)17-8-12-19(13-9-17)26(2)31(28,29)20-14-10-18(24)11-15-20/h4-16H,1-3H3,(H,25,27)/t16-/m0/s1. The Morgan fingerprint density at radius 1 is 1.00 bits per heavy atom. The van der Waals surface area contributed by atoms with Gasteiger partial charge in [0.15, 0.2) is 0 Å². The van der Waals surface area contributed by atoms with E-state index >= 15 is 0 Å². The van der Waals surface area contributed by atoms with Gasteiger partial charge in [-0.3, -0.25) is 9.10 Å². The molecule has 0 heterocycles. The largest absolute Gasteiger partial charge is 0.496 e. The summed E-state index contributed by atoms with van der Waals surface area (Å²) in [6, 6.07) is 19.5. The summed E-state index contributed by atoms with van der Waals surface area (Å²) in [6.07, 6.45) is 0. The molecule has 0 aliphatic rings. The molecule has 0 saturated heterocycles. The molecule has 0 radical (unpaired) electrons. The van der Waals surface area contributed by atoms with Crippen LogP contribution in [-0.2, 0) is 10.0 Å². The van der Waals surface area contributed by atoms with Gasteiger partial charge in [0.25, 0.3) is 15.9 Å². The fourth-order valence-electron chi connectivity index (χ4n) is 3.11. The minimum atomic E-state index is -3.74. The first-order valence-electron chi connectivity index (χ1n) is 9.52. The fraction of sp³-hybridized carbons (Fsp3) is 0.174. The quantitative estimate of drug-likeness (QED) is 0.558. The average molecular weight is 459 g/mol. The number of carbonyl (C=O) groups is 1. The number of benzene rings is 3. The van der Waals surface area contributed by atoms with Gasteiger partial charge in [-0.1, -0.05) is 29.8 Å². The number of nitrogens with one attached hydrogen (secondary N) is 1. The van der Waals surface area contributed by atoms with E-state index in [1.54, 1.807) is 31.4 Å². The van der Waals surface area contributed by atoms with Crippen molar-refractivity contribution in [2.24, 2.45) is 0 Å². The molecule has 162 valence electrons. The molecule has 8 heteroatoms. The number of hydrogen-bond acceptors (Lipinski definition) is 4. The van der Waals surface area contributed by atoms with Gasteiger partial charge >= 0.3 is 0 Å². The Labute approximate surface area is 187 Å². The summed E-state index contributed by atoms with van der Waals surface area (Å²) < 4.78 is 32.1. The Kier molecular flexibility index (Phi) is 6.87. The van der Waals surface area contributed by atoms with Crippen molar-refractivity contribution < 1.29 is 17.9 Å². The Balaban J connectivity index is 1.74. The van der Waals surface area contributed by atoms with E-state index < -0.39 is 10.0 Å². The molecule has 0 fully saturated rings. The molecule has 0 aromatic heterocycles. The lowest BCUT2D eigenvalue weighted by atomic mass is 10.1. The Morgan fingerprint density at radius 3 is 2.23 bits per heavy atom. The topological polar surface area (TPSA) is 75.7 Å². The number of anilines is 1. The molecule has 1 N–H and O–H groups in total. The number of rotatable bonds is 7. The summed E-state index contributed by atoms with van der Waals surface area (Å²) in [6.45, 7) is 1.87. The highest BCUT2D eigenvalue weighted by Gasteiger charge is 2.22. The molecule has 0 aliphatic heterocycles. The van der Waals surface area contributed by atoms with Gasteiger partial charge in [0.1, 0.15) is 5.75 Å². The molecule has 0 unspecified atom stereocenters. The molecule has 0 aliphatic carbocycles. The number of hydrogen-bond donors (Lipinski definition) is 1. The van der Waals surface area contributed by atoms with Gasteiger partial charge in [-0.05, 0) is 61.5 Å². The third-order valence-electron chi connectivity index (χ3n) is 4.92. The van der Waals surface area contributed by atoms with Crippen molar-refractivity contribution in [3.05, 3.63) is 88.9 Å². The minimum absolute atomic E-state index is 0.131. The van der Waals surface area contributed by atoms with Crippen molar-refractivity contribution in [3.8, 4) is 5.75 Å². The summed E-state index contributed by atoms with van der Waals surface area (Å²) in [5.74, 6) is 0.424. The van der Waals surface area contributed by atoms with Gasteiger partial charge < -0.3 is 10.1 Å². The van der Waals surface area contributed by atoms with Crippen LogP contribution >= 0.6 is 11.6 Å². The van der Waals surface area contributed by atoms with Crippen molar-refractivity contribution in [1.29, 1.82) is 0 Å². The van der Waals surface area contributed by atoms with E-state index in [2.05, 4.69) is 5.32 Å². The van der Waals surface area contributed by atoms with Crippen LogP contribution in [0.2, 0.25) is 5.02 Å². The zero-order valence-electron chi connectivity index (χ0n) is 17.4. The van der Waals surface area contributed by atoms with E-state index in [0.717, 1.165) is 9.87 Å². The molecule has 0 bridgehead atoms. The van der Waals surface area contributed by atoms with Crippen molar-refractivity contribution in [2.45, 2.75) is 17.9 Å². The molecule has 0 spiro atoms. The predicted octanol–water partition coefficient (Wildman–Crippen LogP) is 4.66. The maximum atomic E-state index is 12.8. The highest BCUT2D eigenvalue weighted by molar-refractivity contribution is 7.92. The normalized spacial score (nSPS) is 12.1. The van der Waals surface area contributed by atoms with Gasteiger partial charge in [-0.2, -0.15) is 0 Å². The summed E-state index contributed by atoms with van der Waals surface area (Å²) in [4.78, 5) is 12.8. The SMILES string of the molecule is COc1ccccc1[C@H](C)NC(=O)c1ccc(N(C)S(=O)(=O)c2ccc(Cl)cc2)cc1. The first kappa shape index (κ1) is 22.7. The highest BCUT2D eigenvalue weighted by Crippen LogP contribution is 2.26. The van der Waals surface area contributed by atoms with Crippen molar-refractivity contribution >= 4 is 33.2 Å². The van der Waals surface area contributed by atoms with E-state index in [-0.39, 0.29) is 16.8 Å². The summed E-state index contributed by atoms with van der Waals surface area (Å²) in [5, 5.41) is 3.39. The van der Waals surface area contributed by atoms with Crippen molar-refractivity contribution in [2.75, 3.05) is 18.5 Å². The molecule has 1 atom stereocenters. The van der Waals surface area contributed by atoms with E-state index in [1.165, 1.54) is 31.3 Å². The Bertz CT molecular complexity index is 1160. The molecule has 1 amide bonds. The lowest BCUT2D eigenvalue weighted by Crippen LogP contribution is -2.28. The van der Waals surface area contributed by atoms with Crippen LogP contribution in [0, 0.1) is 0 Å². The van der Waals surface area contributed by atoms with E-state index in [1.807, 2.05) is 31.2 Å². The van der Waals surface area contributed by atoms with Crippen LogP contribution in [0.25, 0.3) is 0 Å². The molecule has 3 rings (SSSR count). The van der Waals surface area contributed by atoms with Gasteiger partial charge in [-0.15, -0.1) is 0 Å². The van der Waals surface area contributed by atoms with E-state index in [9.17, 15) is 13.2 Å². The number of para-hydroxylation sites is 1. The summed E-state index contributed by atoms with van der Waals surface area (Å²) in [5.41, 5.74) is 1.72. The molecule has 31 heavy (non-hydrogen) atoms. The van der Waals surface area contributed by atoms with Gasteiger partial charge in [0.2, 0.25) is 0 Å². The number of methoxy groups -OCH3 is 1. The maximum absolute atomic E-state index is 12.8. The number of sulfonamides is 1. The van der Waals surface area contributed by atoms with Crippen molar-refractivity contribution in [3.63, 3.8) is 0 Å². The van der Waals surface area contributed by atoms with E-state index in [4.69, 9.17) is 16.3 Å². The highest BCUT2D eigenvalue weighted by atomic mass is 35.5. The third-order valence-corrected chi connectivity index (χ3v) is 6.97. The lowest BCUT2D eigenvalue weighted by molar-refractivity contribution is 0.0939. The smallest absolute Gasteiger partial charge is 0.264 e. The number of halogens is 1. The zero-order chi connectivity index (χ0) is 22.6. The molecule has 3 aromatic carbocycles. The number of amides is 1. The van der Waals surface area contributed by atoms with Gasteiger partial charge in [0, 0.05) is 23.2 Å². The van der Waals surface area contributed by atoms with Crippen LogP contribution in [-0.4, -0.2) is 28.5 Å². The Morgan fingerprint density at radius 2 is 1.61 bits per heavy atom. The lowest BCUT2D eigenvalue weighted by Gasteiger charge is -2.20. The summed E-state index contributed by atoms with van der Waals surface area (Å²) >= 11 is 5.84. The molecule has 3 aromatic rings. The van der Waals surface area contributed by atoms with Crippen LogP contribution in [0.1, 0.15) is 28.9 Å². The first-order chi connectivity index (χ1) is 14.7. The van der Waals surface area contributed by atoms with Crippen LogP contribution in [0.15, 0.2) is 77.7 Å². The molecule has 0 saturated carbocycles. The van der Waals surface area contributed by atoms with Crippen LogP contribution < -0.4 is 14.4 Å². The second kappa shape index (κ2) is 9.41. The van der Waals surface area contributed by atoms with Gasteiger partial charge in [-0.25, -0.2) is 8.42 Å². The zero-order valence-corrected chi connectivity index (χ0v) is 18.9. The second-order valence-corrected chi connectivity index (χ2v) is 9.32. The monoisotopic (exact) mass is 458 g/mol. The molecular weight excluding hydrogens is 436 g/mol. The molecular formula is C23H23ClN2O4S. The summed E-state index contributed by atoms with van der Waals surface area (Å²) in [7, 11) is -0.699. The first-order valence-corrected chi connectivity index (χ1v) is 11.3. The molecule has 6 nitrogen and oxygen atoms in total. The fourth-order valence-corrected chi connectivity index (χ4v) is 4.43.